The van der Waals surface area contributed by atoms with Crippen LogP contribution in [0.5, 0.6) is 5.75 Å². The summed E-state index contributed by atoms with van der Waals surface area (Å²) in [6, 6.07) is 4.80. The fourth-order valence-electron chi connectivity index (χ4n) is 1.89. The summed E-state index contributed by atoms with van der Waals surface area (Å²) in [5.41, 5.74) is 1.03. The van der Waals surface area contributed by atoms with Crippen LogP contribution in [-0.4, -0.2) is 40.1 Å². The molecule has 22 heavy (non-hydrogen) atoms. The number of likely N-dealkylation sites (N-methyl/N-ethyl adjacent to an activating group) is 1. The van der Waals surface area contributed by atoms with Crippen LogP contribution in [-0.2, 0) is 9.59 Å². The summed E-state index contributed by atoms with van der Waals surface area (Å²) in [6.45, 7) is 1.85. The largest absolute Gasteiger partial charge is 0.480 e. The molecule has 0 atom stereocenters. The second-order valence-electron chi connectivity index (χ2n) is 4.41. The highest BCUT2D eigenvalue weighted by Crippen LogP contribution is 2.26. The first-order valence-corrected chi connectivity index (χ1v) is 7.19. The van der Waals surface area contributed by atoms with Crippen LogP contribution in [0.4, 0.5) is 0 Å². The van der Waals surface area contributed by atoms with E-state index < -0.39 is 12.6 Å². The minimum atomic E-state index is -1.09. The fraction of sp³-hybridized carbons (Fsp3) is 0.214. The Morgan fingerprint density at radius 2 is 2.27 bits per heavy atom. The molecule has 1 fully saturated rings. The monoisotopic (exact) mass is 340 g/mol. The fourth-order valence-corrected chi connectivity index (χ4v) is 2.45. The molecule has 1 amide bonds. The van der Waals surface area contributed by atoms with Crippen LogP contribution in [0.3, 0.4) is 0 Å². The summed E-state index contributed by atoms with van der Waals surface area (Å²) >= 11 is 11.1. The van der Waals surface area contributed by atoms with Crippen molar-refractivity contribution >= 4 is 46.9 Å². The Morgan fingerprint density at radius 3 is 2.82 bits per heavy atom. The molecule has 0 spiro atoms. The Kier molecular flexibility index (Phi) is 4.99. The Morgan fingerprint density at radius 1 is 1.55 bits per heavy atom. The lowest BCUT2D eigenvalue weighted by molar-refractivity contribution is -0.139. The van der Waals surface area contributed by atoms with Crippen molar-refractivity contribution in [3.8, 4) is 5.75 Å². The topological polar surface area (TPSA) is 78.9 Å². The number of aliphatic carboxylic acids is 1. The number of carbonyl (C=O) groups excluding carboxylic acids is 1. The minimum absolute atomic E-state index is 0.199. The summed E-state index contributed by atoms with van der Waals surface area (Å²) in [5.74, 6) is -1.02. The number of nitrogens with zero attached hydrogens (tertiary/aromatic N) is 1. The molecule has 0 bridgehead atoms. The molecular formula is C14H13ClN2O4S. The summed E-state index contributed by atoms with van der Waals surface area (Å²) < 4.78 is 5.03. The second-order valence-corrected chi connectivity index (χ2v) is 5.20. The molecule has 1 aliphatic heterocycles. The molecule has 116 valence electrons. The molecule has 2 N–H and O–H groups in total. The van der Waals surface area contributed by atoms with E-state index in [4.69, 9.17) is 33.7 Å². The first-order valence-electron chi connectivity index (χ1n) is 6.41. The van der Waals surface area contributed by atoms with Crippen molar-refractivity contribution in [1.29, 1.82) is 0 Å². The Balaban J connectivity index is 2.19. The maximum absolute atomic E-state index is 12.1. The number of ether oxygens (including phenoxy) is 1. The highest BCUT2D eigenvalue weighted by atomic mass is 35.5. The molecule has 6 nitrogen and oxygen atoms in total. The van der Waals surface area contributed by atoms with E-state index in [1.54, 1.807) is 24.3 Å². The molecule has 1 aliphatic rings. The predicted molar refractivity (Wildman–Crippen MR) is 85.7 cm³/mol. The number of carboxylic acids is 1. The summed E-state index contributed by atoms with van der Waals surface area (Å²) in [5, 5.41) is 12.0. The molecule has 8 heteroatoms. The number of carboxylic acid groups (broad SMARTS) is 1. The third-order valence-corrected chi connectivity index (χ3v) is 3.51. The zero-order valence-corrected chi connectivity index (χ0v) is 13.2. The van der Waals surface area contributed by atoms with Gasteiger partial charge in [0, 0.05) is 6.54 Å². The van der Waals surface area contributed by atoms with Gasteiger partial charge in [-0.25, -0.2) is 4.79 Å². The van der Waals surface area contributed by atoms with Crippen LogP contribution in [0.25, 0.3) is 6.08 Å². The molecule has 1 aromatic rings. The smallest absolute Gasteiger partial charge is 0.341 e. The lowest BCUT2D eigenvalue weighted by atomic mass is 10.2. The van der Waals surface area contributed by atoms with Gasteiger partial charge in [-0.2, -0.15) is 0 Å². The van der Waals surface area contributed by atoms with Crippen molar-refractivity contribution in [3.63, 3.8) is 0 Å². The molecule has 1 aromatic carbocycles. The molecule has 0 saturated carbocycles. The van der Waals surface area contributed by atoms with E-state index >= 15 is 0 Å². The van der Waals surface area contributed by atoms with E-state index in [2.05, 4.69) is 5.32 Å². The highest BCUT2D eigenvalue weighted by molar-refractivity contribution is 7.80. The molecule has 2 rings (SSSR count). The van der Waals surface area contributed by atoms with Gasteiger partial charge >= 0.3 is 5.97 Å². The third-order valence-electron chi connectivity index (χ3n) is 2.90. The van der Waals surface area contributed by atoms with Crippen LogP contribution >= 0.6 is 23.8 Å². The van der Waals surface area contributed by atoms with Crippen molar-refractivity contribution < 1.29 is 19.4 Å². The number of carbonyl (C=O) groups is 2. The van der Waals surface area contributed by atoms with Crippen molar-refractivity contribution in [2.45, 2.75) is 6.92 Å². The minimum Gasteiger partial charge on any atom is -0.480 e. The van der Waals surface area contributed by atoms with Gasteiger partial charge in [0.1, 0.15) is 11.4 Å². The van der Waals surface area contributed by atoms with Crippen LogP contribution in [0.1, 0.15) is 12.5 Å². The second kappa shape index (κ2) is 6.76. The lowest BCUT2D eigenvalue weighted by Crippen LogP contribution is -2.30. The van der Waals surface area contributed by atoms with Gasteiger partial charge in [0.05, 0.1) is 5.02 Å². The molecular weight excluding hydrogens is 328 g/mol. The van der Waals surface area contributed by atoms with E-state index in [1.165, 1.54) is 4.90 Å². The zero-order valence-electron chi connectivity index (χ0n) is 11.6. The SMILES string of the molecule is CCN1C(=O)C(=Cc2ccc(OCC(=O)O)c(Cl)c2)NC1=S. The van der Waals surface area contributed by atoms with E-state index in [1.807, 2.05) is 6.92 Å². The average molecular weight is 341 g/mol. The number of hydrogen-bond donors (Lipinski definition) is 2. The average Bonchev–Trinajstić information content (AvgIpc) is 2.72. The van der Waals surface area contributed by atoms with Crippen molar-refractivity contribution in [3.05, 3.63) is 34.5 Å². The van der Waals surface area contributed by atoms with Gasteiger partial charge in [0.25, 0.3) is 5.91 Å². The van der Waals surface area contributed by atoms with E-state index in [0.29, 0.717) is 22.9 Å². The summed E-state index contributed by atoms with van der Waals surface area (Å²) in [7, 11) is 0. The number of thiocarbonyl (C=S) groups is 1. The van der Waals surface area contributed by atoms with Crippen molar-refractivity contribution in [2.24, 2.45) is 0 Å². The Bertz CT molecular complexity index is 675. The zero-order chi connectivity index (χ0) is 16.3. The number of rotatable bonds is 5. The maximum Gasteiger partial charge on any atom is 0.341 e. The van der Waals surface area contributed by atoms with Gasteiger partial charge < -0.3 is 15.2 Å². The first kappa shape index (κ1) is 16.3. The molecule has 0 radical (unpaired) electrons. The number of amides is 1. The van der Waals surface area contributed by atoms with E-state index in [9.17, 15) is 9.59 Å². The number of halogens is 1. The quantitative estimate of drug-likeness (QED) is 0.629. The van der Waals surface area contributed by atoms with Crippen LogP contribution in [0, 0.1) is 0 Å². The van der Waals surface area contributed by atoms with Gasteiger partial charge in [0.15, 0.2) is 11.7 Å². The third kappa shape index (κ3) is 3.55. The number of benzene rings is 1. The van der Waals surface area contributed by atoms with Gasteiger partial charge in [-0.05, 0) is 42.9 Å². The van der Waals surface area contributed by atoms with Gasteiger partial charge in [-0.3, -0.25) is 9.69 Å². The van der Waals surface area contributed by atoms with Crippen LogP contribution < -0.4 is 10.1 Å². The predicted octanol–water partition coefficient (Wildman–Crippen LogP) is 1.88. The Labute approximate surface area is 137 Å². The van der Waals surface area contributed by atoms with Crippen LogP contribution in [0.2, 0.25) is 5.02 Å². The van der Waals surface area contributed by atoms with E-state index in [0.717, 1.165) is 0 Å². The van der Waals surface area contributed by atoms with Crippen molar-refractivity contribution in [1.82, 2.24) is 10.2 Å². The normalized spacial score (nSPS) is 16.1. The first-order chi connectivity index (χ1) is 10.4. The molecule has 1 saturated heterocycles. The molecule has 0 unspecified atom stereocenters. The van der Waals surface area contributed by atoms with E-state index in [-0.39, 0.29) is 16.7 Å². The Hall–Kier alpha value is -2.12. The highest BCUT2D eigenvalue weighted by Gasteiger charge is 2.28. The molecule has 0 aliphatic carbocycles. The van der Waals surface area contributed by atoms with Crippen LogP contribution in [0.15, 0.2) is 23.9 Å². The molecule has 1 heterocycles. The standard InChI is InChI=1S/C14H13ClN2O4S/c1-2-17-13(20)10(16-14(17)22)6-8-3-4-11(9(15)5-8)21-7-12(18)19/h3-6H,2,7H2,1H3,(H,16,22)(H,18,19). The summed E-state index contributed by atoms with van der Waals surface area (Å²) in [4.78, 5) is 24.0. The maximum atomic E-state index is 12.1. The van der Waals surface area contributed by atoms with Gasteiger partial charge in [-0.15, -0.1) is 0 Å². The van der Waals surface area contributed by atoms with Gasteiger partial charge in [0.2, 0.25) is 0 Å². The van der Waals surface area contributed by atoms with Crippen molar-refractivity contribution in [2.75, 3.05) is 13.2 Å². The number of nitrogens with one attached hydrogen (secondary N) is 1. The summed E-state index contributed by atoms with van der Waals surface area (Å²) in [6.07, 6.45) is 1.62. The molecule has 0 aromatic heterocycles. The van der Waals surface area contributed by atoms with Gasteiger partial charge in [-0.1, -0.05) is 17.7 Å². The lowest BCUT2D eigenvalue weighted by Gasteiger charge is -2.09. The number of hydrogen-bond acceptors (Lipinski definition) is 4.